The molecule has 0 radical (unpaired) electrons. The van der Waals surface area contributed by atoms with Crippen LogP contribution >= 0.6 is 12.4 Å². The molecule has 0 saturated carbocycles. The standard InChI is InChI=1S/C12H18N2O2.ClH/c1-8-9(2)16-13-12(8)15-11-7-14-5-3-10(11)4-6-14;/h10-11H,3-7H2,1-2H3;1H. The predicted octanol–water partition coefficient (Wildman–Crippen LogP) is 2.19. The molecule has 3 aliphatic heterocycles. The van der Waals surface area contributed by atoms with E-state index in [4.69, 9.17) is 9.26 Å². The summed E-state index contributed by atoms with van der Waals surface area (Å²) in [7, 11) is 0. The molecule has 17 heavy (non-hydrogen) atoms. The van der Waals surface area contributed by atoms with Crippen LogP contribution in [0.15, 0.2) is 4.52 Å². The minimum atomic E-state index is 0. The van der Waals surface area contributed by atoms with Crippen LogP contribution in [0.4, 0.5) is 0 Å². The van der Waals surface area contributed by atoms with Gasteiger partial charge >= 0.3 is 0 Å². The van der Waals surface area contributed by atoms with Crippen molar-refractivity contribution in [2.75, 3.05) is 19.6 Å². The Labute approximate surface area is 108 Å². The number of hydrogen-bond donors (Lipinski definition) is 0. The molecule has 96 valence electrons. The van der Waals surface area contributed by atoms with Crippen molar-refractivity contribution < 1.29 is 9.26 Å². The van der Waals surface area contributed by atoms with E-state index >= 15 is 0 Å². The molecule has 3 saturated heterocycles. The van der Waals surface area contributed by atoms with Gasteiger partial charge in [-0.3, -0.25) is 4.90 Å². The minimum Gasteiger partial charge on any atom is -0.470 e. The number of rotatable bonds is 2. The van der Waals surface area contributed by atoms with Gasteiger partial charge in [0.15, 0.2) is 0 Å². The highest BCUT2D eigenvalue weighted by Crippen LogP contribution is 2.31. The maximum Gasteiger partial charge on any atom is 0.257 e. The van der Waals surface area contributed by atoms with Crippen molar-refractivity contribution in [1.29, 1.82) is 0 Å². The van der Waals surface area contributed by atoms with E-state index in [9.17, 15) is 0 Å². The normalized spacial score (nSPS) is 31.1. The van der Waals surface area contributed by atoms with Crippen LogP contribution in [0.3, 0.4) is 0 Å². The van der Waals surface area contributed by atoms with Gasteiger partial charge in [0, 0.05) is 6.54 Å². The molecule has 1 atom stereocenters. The lowest BCUT2D eigenvalue weighted by molar-refractivity contribution is -0.0116. The van der Waals surface area contributed by atoms with Crippen LogP contribution < -0.4 is 4.74 Å². The first-order chi connectivity index (χ1) is 7.74. The molecule has 0 aromatic carbocycles. The minimum absolute atomic E-state index is 0. The van der Waals surface area contributed by atoms with Crippen molar-refractivity contribution >= 4 is 12.4 Å². The predicted molar refractivity (Wildman–Crippen MR) is 66.8 cm³/mol. The van der Waals surface area contributed by atoms with Gasteiger partial charge in [-0.25, -0.2) is 0 Å². The Morgan fingerprint density at radius 2 is 2.00 bits per heavy atom. The molecule has 4 rings (SSSR count). The third kappa shape index (κ3) is 2.29. The number of ether oxygens (including phenoxy) is 1. The summed E-state index contributed by atoms with van der Waals surface area (Å²) in [6.07, 6.45) is 2.84. The van der Waals surface area contributed by atoms with Gasteiger partial charge < -0.3 is 9.26 Å². The summed E-state index contributed by atoms with van der Waals surface area (Å²) in [4.78, 5) is 2.48. The van der Waals surface area contributed by atoms with Crippen molar-refractivity contribution in [3.05, 3.63) is 11.3 Å². The van der Waals surface area contributed by atoms with Crippen LogP contribution in [0, 0.1) is 19.8 Å². The summed E-state index contributed by atoms with van der Waals surface area (Å²) in [5, 5.41) is 3.98. The van der Waals surface area contributed by atoms with Crippen molar-refractivity contribution in [2.24, 2.45) is 5.92 Å². The molecule has 1 unspecified atom stereocenters. The Hall–Kier alpha value is -0.740. The largest absolute Gasteiger partial charge is 0.470 e. The van der Waals surface area contributed by atoms with E-state index in [-0.39, 0.29) is 12.4 Å². The molecule has 2 bridgehead atoms. The van der Waals surface area contributed by atoms with E-state index in [1.165, 1.54) is 25.9 Å². The molecule has 3 fully saturated rings. The maximum atomic E-state index is 5.99. The highest BCUT2D eigenvalue weighted by Gasteiger charge is 2.36. The average molecular weight is 259 g/mol. The van der Waals surface area contributed by atoms with Crippen LogP contribution in [-0.2, 0) is 0 Å². The van der Waals surface area contributed by atoms with Gasteiger partial charge in [-0.15, -0.1) is 12.4 Å². The molecule has 0 spiro atoms. The van der Waals surface area contributed by atoms with Gasteiger partial charge in [-0.1, -0.05) is 0 Å². The molecule has 5 heteroatoms. The molecule has 0 N–H and O–H groups in total. The smallest absolute Gasteiger partial charge is 0.257 e. The Morgan fingerprint density at radius 1 is 1.29 bits per heavy atom. The zero-order chi connectivity index (χ0) is 11.1. The van der Waals surface area contributed by atoms with Crippen LogP contribution in [0.1, 0.15) is 24.2 Å². The molecule has 4 heterocycles. The fraction of sp³-hybridized carbons (Fsp3) is 0.750. The average Bonchev–Trinajstić information content (AvgIpc) is 2.63. The number of hydrogen-bond acceptors (Lipinski definition) is 4. The molecule has 0 aliphatic carbocycles. The zero-order valence-corrected chi connectivity index (χ0v) is 11.1. The zero-order valence-electron chi connectivity index (χ0n) is 10.3. The topological polar surface area (TPSA) is 38.5 Å². The van der Waals surface area contributed by atoms with Gasteiger partial charge in [-0.05, 0) is 50.9 Å². The highest BCUT2D eigenvalue weighted by molar-refractivity contribution is 5.85. The van der Waals surface area contributed by atoms with Gasteiger partial charge in [0.05, 0.1) is 5.56 Å². The summed E-state index contributed by atoms with van der Waals surface area (Å²) in [6, 6.07) is 0. The number of aromatic nitrogens is 1. The van der Waals surface area contributed by atoms with Crippen LogP contribution in [0.5, 0.6) is 5.88 Å². The first-order valence-electron chi connectivity index (χ1n) is 6.06. The summed E-state index contributed by atoms with van der Waals surface area (Å²) in [6.45, 7) is 7.45. The molecular weight excluding hydrogens is 240 g/mol. The first kappa shape index (κ1) is 12.7. The van der Waals surface area contributed by atoms with Gasteiger partial charge in [0.2, 0.25) is 0 Å². The first-order valence-corrected chi connectivity index (χ1v) is 6.06. The molecule has 1 aromatic rings. The van der Waals surface area contributed by atoms with E-state index in [0.717, 1.165) is 17.9 Å². The Bertz CT molecular complexity index is 386. The van der Waals surface area contributed by atoms with Gasteiger partial charge in [0.1, 0.15) is 11.9 Å². The number of aryl methyl sites for hydroxylation is 1. The van der Waals surface area contributed by atoms with Gasteiger partial charge in [0.25, 0.3) is 5.88 Å². The number of fused-ring (bicyclic) bond motifs is 3. The monoisotopic (exact) mass is 258 g/mol. The molecule has 0 amide bonds. The number of nitrogens with zero attached hydrogens (tertiary/aromatic N) is 2. The second-order valence-electron chi connectivity index (χ2n) is 4.96. The third-order valence-corrected chi connectivity index (χ3v) is 3.97. The fourth-order valence-corrected chi connectivity index (χ4v) is 2.70. The van der Waals surface area contributed by atoms with Crippen molar-refractivity contribution in [3.8, 4) is 5.88 Å². The Morgan fingerprint density at radius 3 is 2.47 bits per heavy atom. The lowest BCUT2D eigenvalue weighted by atomic mass is 9.86. The lowest BCUT2D eigenvalue weighted by Crippen LogP contribution is -2.52. The van der Waals surface area contributed by atoms with E-state index < -0.39 is 0 Å². The second kappa shape index (κ2) is 4.86. The van der Waals surface area contributed by atoms with Crippen molar-refractivity contribution in [1.82, 2.24) is 10.1 Å². The van der Waals surface area contributed by atoms with Crippen molar-refractivity contribution in [3.63, 3.8) is 0 Å². The second-order valence-corrected chi connectivity index (χ2v) is 4.96. The highest BCUT2D eigenvalue weighted by atomic mass is 35.5. The molecule has 3 aliphatic rings. The lowest BCUT2D eigenvalue weighted by Gasteiger charge is -2.43. The number of piperidine rings is 3. The van der Waals surface area contributed by atoms with E-state index in [2.05, 4.69) is 10.1 Å². The Kier molecular flexibility index (Phi) is 3.64. The van der Waals surface area contributed by atoms with E-state index in [1.807, 2.05) is 13.8 Å². The third-order valence-electron chi connectivity index (χ3n) is 3.97. The van der Waals surface area contributed by atoms with Crippen LogP contribution in [-0.4, -0.2) is 35.8 Å². The van der Waals surface area contributed by atoms with Gasteiger partial charge in [-0.2, -0.15) is 0 Å². The summed E-state index contributed by atoms with van der Waals surface area (Å²) >= 11 is 0. The van der Waals surface area contributed by atoms with Crippen LogP contribution in [0.2, 0.25) is 0 Å². The Balaban J connectivity index is 0.00000108. The summed E-state index contributed by atoms with van der Waals surface area (Å²) in [5.74, 6) is 2.26. The molecular formula is C12H19ClN2O2. The summed E-state index contributed by atoms with van der Waals surface area (Å²) in [5.41, 5.74) is 1.04. The number of halogens is 1. The molecule has 1 aromatic heterocycles. The summed E-state index contributed by atoms with van der Waals surface area (Å²) < 4.78 is 11.1. The maximum absolute atomic E-state index is 5.99. The quantitative estimate of drug-likeness (QED) is 0.815. The van der Waals surface area contributed by atoms with Crippen LogP contribution in [0.25, 0.3) is 0 Å². The van der Waals surface area contributed by atoms with E-state index in [0.29, 0.717) is 17.9 Å². The molecule has 4 nitrogen and oxygen atoms in total. The van der Waals surface area contributed by atoms with E-state index in [1.54, 1.807) is 0 Å². The SMILES string of the molecule is Cc1onc(OC2CN3CCC2CC3)c1C.Cl. The van der Waals surface area contributed by atoms with Crippen molar-refractivity contribution in [2.45, 2.75) is 32.8 Å². The fourth-order valence-electron chi connectivity index (χ4n) is 2.70.